The molecule has 1 aliphatic heterocycles. The standard InChI is InChI=1S/C24H24F3N3O2/c1-16(13-30-14-20(15-30)17-5-3-2-4-6-17)7-12-21(31)18-8-10-19(11-9-18)22-28-23(32-29-22)24(25,26)27/h2-6,8-11,16,20H,7,12-15H2,1H3/t16-/m0/s1. The molecule has 2 aromatic carbocycles. The monoisotopic (exact) mass is 443 g/mol. The molecule has 8 heteroatoms. The molecule has 1 atom stereocenters. The number of halogens is 3. The molecular formula is C24H24F3N3O2. The van der Waals surface area contributed by atoms with E-state index in [1.54, 1.807) is 12.1 Å². The average Bonchev–Trinajstić information content (AvgIpc) is 3.26. The largest absolute Gasteiger partial charge is 0.471 e. The maximum absolute atomic E-state index is 12.6. The Morgan fingerprint density at radius 1 is 1.12 bits per heavy atom. The first-order chi connectivity index (χ1) is 15.3. The van der Waals surface area contributed by atoms with Crippen LogP contribution in [0.3, 0.4) is 0 Å². The van der Waals surface area contributed by atoms with Crippen LogP contribution in [0.1, 0.15) is 47.5 Å². The molecule has 2 heterocycles. The third kappa shape index (κ3) is 5.24. The van der Waals surface area contributed by atoms with Crippen LogP contribution in [0.4, 0.5) is 13.2 Å². The number of hydrogen-bond donors (Lipinski definition) is 0. The van der Waals surface area contributed by atoms with Crippen LogP contribution in [-0.4, -0.2) is 40.5 Å². The van der Waals surface area contributed by atoms with Crippen LogP contribution in [0.2, 0.25) is 0 Å². The van der Waals surface area contributed by atoms with Crippen molar-refractivity contribution in [2.24, 2.45) is 5.92 Å². The molecule has 0 spiro atoms. The van der Waals surface area contributed by atoms with Crippen LogP contribution in [0.15, 0.2) is 59.1 Å². The van der Waals surface area contributed by atoms with E-state index in [-0.39, 0.29) is 11.6 Å². The Balaban J connectivity index is 1.23. The summed E-state index contributed by atoms with van der Waals surface area (Å²) in [5, 5.41) is 3.36. The number of alkyl halides is 3. The van der Waals surface area contributed by atoms with Gasteiger partial charge in [-0.2, -0.15) is 18.2 Å². The Morgan fingerprint density at radius 2 is 1.81 bits per heavy atom. The smallest absolute Gasteiger partial charge is 0.329 e. The van der Waals surface area contributed by atoms with E-state index >= 15 is 0 Å². The lowest BCUT2D eigenvalue weighted by Crippen LogP contribution is -2.46. The molecule has 3 aromatic rings. The number of ketones is 1. The minimum atomic E-state index is -4.68. The van der Waals surface area contributed by atoms with Gasteiger partial charge in [-0.1, -0.05) is 66.7 Å². The minimum Gasteiger partial charge on any atom is -0.329 e. The van der Waals surface area contributed by atoms with Gasteiger partial charge in [0.2, 0.25) is 5.82 Å². The quantitative estimate of drug-likeness (QED) is 0.433. The van der Waals surface area contributed by atoms with E-state index in [4.69, 9.17) is 0 Å². The Bertz CT molecular complexity index is 1040. The average molecular weight is 443 g/mol. The second-order valence-electron chi connectivity index (χ2n) is 8.39. The molecule has 1 fully saturated rings. The molecule has 0 amide bonds. The molecule has 0 aliphatic carbocycles. The molecule has 1 saturated heterocycles. The van der Waals surface area contributed by atoms with Crippen molar-refractivity contribution < 1.29 is 22.5 Å². The first-order valence-corrected chi connectivity index (χ1v) is 10.6. The van der Waals surface area contributed by atoms with Crippen molar-refractivity contribution in [1.29, 1.82) is 0 Å². The molecule has 5 nitrogen and oxygen atoms in total. The van der Waals surface area contributed by atoms with Crippen LogP contribution in [0.5, 0.6) is 0 Å². The lowest BCUT2D eigenvalue weighted by molar-refractivity contribution is -0.159. The molecule has 1 aromatic heterocycles. The van der Waals surface area contributed by atoms with Crippen LogP contribution >= 0.6 is 0 Å². The summed E-state index contributed by atoms with van der Waals surface area (Å²) in [6, 6.07) is 16.8. The van der Waals surface area contributed by atoms with Gasteiger partial charge < -0.3 is 9.42 Å². The fraction of sp³-hybridized carbons (Fsp3) is 0.375. The molecule has 32 heavy (non-hydrogen) atoms. The molecular weight excluding hydrogens is 419 g/mol. The maximum Gasteiger partial charge on any atom is 0.471 e. The van der Waals surface area contributed by atoms with Gasteiger partial charge in [0.1, 0.15) is 0 Å². The minimum absolute atomic E-state index is 0.0123. The topological polar surface area (TPSA) is 59.2 Å². The molecule has 0 radical (unpaired) electrons. The highest BCUT2D eigenvalue weighted by molar-refractivity contribution is 5.96. The highest BCUT2D eigenvalue weighted by atomic mass is 19.4. The van der Waals surface area contributed by atoms with Crippen LogP contribution < -0.4 is 0 Å². The fourth-order valence-electron chi connectivity index (χ4n) is 3.97. The maximum atomic E-state index is 12.6. The van der Waals surface area contributed by atoms with E-state index in [1.807, 2.05) is 6.07 Å². The second kappa shape index (κ2) is 9.24. The van der Waals surface area contributed by atoms with Gasteiger partial charge in [-0.3, -0.25) is 4.79 Å². The Morgan fingerprint density at radius 3 is 2.44 bits per heavy atom. The van der Waals surface area contributed by atoms with Gasteiger partial charge in [-0.25, -0.2) is 0 Å². The number of carbonyl (C=O) groups is 1. The van der Waals surface area contributed by atoms with Crippen molar-refractivity contribution >= 4 is 5.78 Å². The summed E-state index contributed by atoms with van der Waals surface area (Å²) in [5.41, 5.74) is 2.26. The van der Waals surface area contributed by atoms with Crippen LogP contribution in [-0.2, 0) is 6.18 Å². The van der Waals surface area contributed by atoms with Gasteiger partial charge in [0.05, 0.1) is 0 Å². The van der Waals surface area contributed by atoms with Crippen LogP contribution in [0.25, 0.3) is 11.4 Å². The number of benzene rings is 2. The molecule has 0 saturated carbocycles. The third-order valence-corrected chi connectivity index (χ3v) is 5.80. The van der Waals surface area contributed by atoms with E-state index in [0.29, 0.717) is 29.4 Å². The van der Waals surface area contributed by atoms with Gasteiger partial charge in [0, 0.05) is 43.1 Å². The number of hydrogen-bond acceptors (Lipinski definition) is 5. The normalized spacial score (nSPS) is 16.0. The molecule has 0 bridgehead atoms. The summed E-state index contributed by atoms with van der Waals surface area (Å²) in [6.45, 7) is 5.22. The van der Waals surface area contributed by atoms with E-state index in [2.05, 4.69) is 50.8 Å². The Hall–Kier alpha value is -3.00. The first kappa shape index (κ1) is 22.2. The fourth-order valence-corrected chi connectivity index (χ4v) is 3.97. The predicted molar refractivity (Wildman–Crippen MR) is 113 cm³/mol. The zero-order valence-corrected chi connectivity index (χ0v) is 17.7. The second-order valence-corrected chi connectivity index (χ2v) is 8.39. The summed E-state index contributed by atoms with van der Waals surface area (Å²) in [6.07, 6.45) is -3.47. The van der Waals surface area contributed by atoms with Crippen molar-refractivity contribution in [3.05, 3.63) is 71.6 Å². The number of likely N-dealkylation sites (tertiary alicyclic amines) is 1. The van der Waals surface area contributed by atoms with Crippen molar-refractivity contribution in [3.63, 3.8) is 0 Å². The number of aromatic nitrogens is 2. The van der Waals surface area contributed by atoms with Crippen molar-refractivity contribution in [1.82, 2.24) is 15.0 Å². The summed E-state index contributed by atoms with van der Waals surface area (Å²) < 4.78 is 42.0. The Kier molecular flexibility index (Phi) is 6.41. The highest BCUT2D eigenvalue weighted by Gasteiger charge is 2.38. The lowest BCUT2D eigenvalue weighted by atomic mass is 9.90. The summed E-state index contributed by atoms with van der Waals surface area (Å²) in [5.74, 6) is -0.546. The van der Waals surface area contributed by atoms with Gasteiger partial charge in [0.25, 0.3) is 0 Å². The highest BCUT2D eigenvalue weighted by Crippen LogP contribution is 2.30. The summed E-state index contributed by atoms with van der Waals surface area (Å²) in [7, 11) is 0. The van der Waals surface area contributed by atoms with Crippen molar-refractivity contribution in [3.8, 4) is 11.4 Å². The van der Waals surface area contributed by atoms with Gasteiger partial charge in [-0.05, 0) is 17.9 Å². The van der Waals surface area contributed by atoms with E-state index in [9.17, 15) is 18.0 Å². The summed E-state index contributed by atoms with van der Waals surface area (Å²) >= 11 is 0. The predicted octanol–water partition coefficient (Wildman–Crippen LogP) is 5.45. The van der Waals surface area contributed by atoms with Gasteiger partial charge in [-0.15, -0.1) is 0 Å². The molecule has 168 valence electrons. The summed E-state index contributed by atoms with van der Waals surface area (Å²) in [4.78, 5) is 18.3. The van der Waals surface area contributed by atoms with Crippen molar-refractivity contribution in [2.75, 3.05) is 19.6 Å². The van der Waals surface area contributed by atoms with Crippen molar-refractivity contribution in [2.45, 2.75) is 31.9 Å². The number of carbonyl (C=O) groups excluding carboxylic acids is 1. The van der Waals surface area contributed by atoms with E-state index < -0.39 is 12.1 Å². The number of nitrogens with zero attached hydrogens (tertiary/aromatic N) is 3. The molecule has 0 unspecified atom stereocenters. The third-order valence-electron chi connectivity index (χ3n) is 5.80. The molecule has 4 rings (SSSR count). The van der Waals surface area contributed by atoms with Gasteiger partial charge >= 0.3 is 12.1 Å². The lowest BCUT2D eigenvalue weighted by Gasteiger charge is -2.41. The zero-order valence-electron chi connectivity index (χ0n) is 17.7. The zero-order chi connectivity index (χ0) is 22.7. The first-order valence-electron chi connectivity index (χ1n) is 10.6. The molecule has 0 N–H and O–H groups in total. The number of rotatable bonds is 8. The van der Waals surface area contributed by atoms with Gasteiger partial charge in [0.15, 0.2) is 5.78 Å². The number of Topliss-reactive ketones (excluding diaryl/α,β-unsaturated/α-hetero) is 1. The van der Waals surface area contributed by atoms with Crippen LogP contribution in [0, 0.1) is 5.92 Å². The van der Waals surface area contributed by atoms with E-state index in [0.717, 1.165) is 26.1 Å². The van der Waals surface area contributed by atoms with E-state index in [1.165, 1.54) is 17.7 Å². The SMILES string of the molecule is C[C@@H](CCC(=O)c1ccc(-c2noc(C(F)(F)F)n2)cc1)CN1CC(c2ccccc2)C1. The molecule has 1 aliphatic rings. The Labute approximate surface area is 184 Å².